The van der Waals surface area contributed by atoms with Crippen LogP contribution in [0.5, 0.6) is 0 Å². The highest BCUT2D eigenvalue weighted by atomic mass is 14.9. The number of aromatic amines is 1. The molecular formula is C27H27N3. The van der Waals surface area contributed by atoms with Crippen LogP contribution in [0.3, 0.4) is 0 Å². The Morgan fingerprint density at radius 1 is 0.867 bits per heavy atom. The van der Waals surface area contributed by atoms with E-state index in [0.717, 1.165) is 29.8 Å². The Kier molecular flexibility index (Phi) is 4.66. The lowest BCUT2D eigenvalue weighted by atomic mass is 9.76. The van der Waals surface area contributed by atoms with Crippen molar-refractivity contribution in [3.05, 3.63) is 90.4 Å². The van der Waals surface area contributed by atoms with Gasteiger partial charge in [0.1, 0.15) is 0 Å². The average molecular weight is 394 g/mol. The second kappa shape index (κ2) is 7.49. The van der Waals surface area contributed by atoms with Crippen LogP contribution in [0.1, 0.15) is 31.5 Å². The number of nitrogens with one attached hydrogen (secondary N) is 2. The van der Waals surface area contributed by atoms with Crippen molar-refractivity contribution in [2.75, 3.05) is 5.32 Å². The molecule has 1 aliphatic carbocycles. The van der Waals surface area contributed by atoms with E-state index in [2.05, 4.69) is 95.9 Å². The molecule has 0 radical (unpaired) electrons. The van der Waals surface area contributed by atoms with E-state index in [1.807, 2.05) is 12.4 Å². The molecule has 3 heteroatoms. The number of pyridine rings is 1. The van der Waals surface area contributed by atoms with Gasteiger partial charge in [0.15, 0.2) is 0 Å². The summed E-state index contributed by atoms with van der Waals surface area (Å²) < 4.78 is 0. The normalized spacial score (nSPS) is 14.9. The molecule has 0 saturated heterocycles. The van der Waals surface area contributed by atoms with Crippen LogP contribution in [0.25, 0.3) is 22.4 Å². The fraction of sp³-hybridized carbons (Fsp3) is 0.222. The van der Waals surface area contributed by atoms with Crippen molar-refractivity contribution in [3.8, 4) is 22.4 Å². The molecule has 0 amide bonds. The summed E-state index contributed by atoms with van der Waals surface area (Å²) in [5.41, 5.74) is 10.2. The van der Waals surface area contributed by atoms with Gasteiger partial charge in [-0.05, 0) is 54.0 Å². The molecule has 4 aromatic rings. The smallest absolute Gasteiger partial charge is 0.0699 e. The number of benzene rings is 2. The maximum absolute atomic E-state index is 4.21. The summed E-state index contributed by atoms with van der Waals surface area (Å²) in [6.45, 7) is 4.72. The molecule has 0 aliphatic heterocycles. The monoisotopic (exact) mass is 393 g/mol. The van der Waals surface area contributed by atoms with Gasteiger partial charge in [-0.2, -0.15) is 0 Å². The van der Waals surface area contributed by atoms with E-state index in [9.17, 15) is 0 Å². The van der Waals surface area contributed by atoms with E-state index in [-0.39, 0.29) is 0 Å². The summed E-state index contributed by atoms with van der Waals surface area (Å²) in [7, 11) is 0. The van der Waals surface area contributed by atoms with Crippen molar-refractivity contribution in [2.45, 2.75) is 33.1 Å². The minimum atomic E-state index is 0.326. The Morgan fingerprint density at radius 3 is 2.40 bits per heavy atom. The van der Waals surface area contributed by atoms with Gasteiger partial charge in [0, 0.05) is 34.9 Å². The SMILES string of the molecule is CC1(C)CCc2c([nH]c(-c3ccncc3)c2Nc2ccccc2-c2ccccc2)C1. The van der Waals surface area contributed by atoms with Crippen molar-refractivity contribution in [1.82, 2.24) is 9.97 Å². The van der Waals surface area contributed by atoms with E-state index < -0.39 is 0 Å². The Labute approximate surface area is 178 Å². The van der Waals surface area contributed by atoms with Crippen molar-refractivity contribution in [3.63, 3.8) is 0 Å². The standard InChI is InChI=1S/C27H27N3/c1-27(2)15-12-22-24(18-27)30-25(20-13-16-28-17-14-20)26(22)29-23-11-7-6-10-21(23)19-8-4-3-5-9-19/h3-11,13-14,16-17,29-30H,12,15,18H2,1-2H3. The van der Waals surface area contributed by atoms with Crippen LogP contribution in [0.4, 0.5) is 11.4 Å². The van der Waals surface area contributed by atoms with E-state index in [1.165, 1.54) is 34.5 Å². The number of rotatable bonds is 4. The molecule has 5 rings (SSSR count). The first-order chi connectivity index (χ1) is 14.6. The van der Waals surface area contributed by atoms with Crippen molar-refractivity contribution >= 4 is 11.4 Å². The molecule has 150 valence electrons. The molecule has 0 bridgehead atoms. The van der Waals surface area contributed by atoms with Crippen LogP contribution >= 0.6 is 0 Å². The summed E-state index contributed by atoms with van der Waals surface area (Å²) in [5, 5.41) is 3.82. The summed E-state index contributed by atoms with van der Waals surface area (Å²) in [6, 6.07) is 23.3. The number of nitrogens with zero attached hydrogens (tertiary/aromatic N) is 1. The summed E-state index contributed by atoms with van der Waals surface area (Å²) >= 11 is 0. The van der Waals surface area contributed by atoms with Gasteiger partial charge in [-0.3, -0.25) is 4.98 Å². The van der Waals surface area contributed by atoms with Crippen LogP contribution in [-0.4, -0.2) is 9.97 Å². The molecule has 2 aromatic carbocycles. The Hall–Kier alpha value is -3.33. The lowest BCUT2D eigenvalue weighted by molar-refractivity contribution is 0.313. The molecular weight excluding hydrogens is 366 g/mol. The quantitative estimate of drug-likeness (QED) is 0.392. The lowest BCUT2D eigenvalue weighted by Gasteiger charge is -2.29. The number of hydrogen-bond acceptors (Lipinski definition) is 2. The fourth-order valence-corrected chi connectivity index (χ4v) is 4.52. The summed E-state index contributed by atoms with van der Waals surface area (Å²) in [6.07, 6.45) is 7.08. The van der Waals surface area contributed by atoms with Crippen LogP contribution in [0.15, 0.2) is 79.1 Å². The maximum Gasteiger partial charge on any atom is 0.0699 e. The van der Waals surface area contributed by atoms with Crippen LogP contribution in [0.2, 0.25) is 0 Å². The predicted molar refractivity (Wildman–Crippen MR) is 125 cm³/mol. The second-order valence-electron chi connectivity index (χ2n) is 8.95. The number of para-hydroxylation sites is 1. The van der Waals surface area contributed by atoms with E-state index >= 15 is 0 Å². The Balaban J connectivity index is 1.63. The highest BCUT2D eigenvalue weighted by molar-refractivity contribution is 5.87. The van der Waals surface area contributed by atoms with Crippen LogP contribution in [-0.2, 0) is 12.8 Å². The molecule has 1 aliphatic rings. The second-order valence-corrected chi connectivity index (χ2v) is 8.95. The van der Waals surface area contributed by atoms with Gasteiger partial charge in [0.05, 0.1) is 11.4 Å². The minimum absolute atomic E-state index is 0.326. The lowest BCUT2D eigenvalue weighted by Crippen LogP contribution is -2.22. The molecule has 0 atom stereocenters. The summed E-state index contributed by atoms with van der Waals surface area (Å²) in [5.74, 6) is 0. The first kappa shape index (κ1) is 18.7. The molecule has 2 aromatic heterocycles. The molecule has 30 heavy (non-hydrogen) atoms. The molecule has 2 N–H and O–H groups in total. The zero-order chi connectivity index (χ0) is 20.6. The van der Waals surface area contributed by atoms with Crippen molar-refractivity contribution < 1.29 is 0 Å². The molecule has 2 heterocycles. The first-order valence-electron chi connectivity index (χ1n) is 10.7. The van der Waals surface area contributed by atoms with Crippen LogP contribution in [0, 0.1) is 5.41 Å². The minimum Gasteiger partial charge on any atom is -0.356 e. The topological polar surface area (TPSA) is 40.7 Å². The predicted octanol–water partition coefficient (Wildman–Crippen LogP) is 7.00. The number of H-pyrrole nitrogens is 1. The largest absolute Gasteiger partial charge is 0.356 e. The van der Waals surface area contributed by atoms with Gasteiger partial charge < -0.3 is 10.3 Å². The average Bonchev–Trinajstić information content (AvgIpc) is 3.11. The van der Waals surface area contributed by atoms with Gasteiger partial charge >= 0.3 is 0 Å². The van der Waals surface area contributed by atoms with Crippen molar-refractivity contribution in [1.29, 1.82) is 0 Å². The number of fused-ring (bicyclic) bond motifs is 1. The van der Waals surface area contributed by atoms with Gasteiger partial charge in [0.2, 0.25) is 0 Å². The number of aromatic nitrogens is 2. The summed E-state index contributed by atoms with van der Waals surface area (Å²) in [4.78, 5) is 7.97. The van der Waals surface area contributed by atoms with Crippen molar-refractivity contribution in [2.24, 2.45) is 5.41 Å². The number of anilines is 2. The molecule has 0 spiro atoms. The van der Waals surface area contributed by atoms with Crippen LogP contribution < -0.4 is 5.32 Å². The fourth-order valence-electron chi connectivity index (χ4n) is 4.52. The van der Waals surface area contributed by atoms with Gasteiger partial charge in [-0.1, -0.05) is 62.4 Å². The number of hydrogen-bond donors (Lipinski definition) is 2. The van der Waals surface area contributed by atoms with E-state index in [0.29, 0.717) is 5.41 Å². The van der Waals surface area contributed by atoms with E-state index in [1.54, 1.807) is 0 Å². The van der Waals surface area contributed by atoms with Gasteiger partial charge in [-0.15, -0.1) is 0 Å². The maximum atomic E-state index is 4.21. The highest BCUT2D eigenvalue weighted by Crippen LogP contribution is 2.44. The Bertz CT molecular complexity index is 1160. The van der Waals surface area contributed by atoms with Gasteiger partial charge in [-0.25, -0.2) is 0 Å². The van der Waals surface area contributed by atoms with Gasteiger partial charge in [0.25, 0.3) is 0 Å². The first-order valence-corrected chi connectivity index (χ1v) is 10.7. The molecule has 3 nitrogen and oxygen atoms in total. The highest BCUT2D eigenvalue weighted by Gasteiger charge is 2.30. The third-order valence-corrected chi connectivity index (χ3v) is 6.14. The molecule has 0 fully saturated rings. The molecule has 0 unspecified atom stereocenters. The Morgan fingerprint density at radius 2 is 1.60 bits per heavy atom. The zero-order valence-electron chi connectivity index (χ0n) is 17.6. The third-order valence-electron chi connectivity index (χ3n) is 6.14. The third kappa shape index (κ3) is 3.52. The molecule has 0 saturated carbocycles. The van der Waals surface area contributed by atoms with E-state index in [4.69, 9.17) is 0 Å². The zero-order valence-corrected chi connectivity index (χ0v) is 17.6.